The second kappa shape index (κ2) is 12.9. The number of unbranched alkanes of at least 4 members (excludes halogenated alkanes) is 2. The molecule has 7 nitrogen and oxygen atoms in total. The van der Waals surface area contributed by atoms with Crippen LogP contribution in [0.1, 0.15) is 84.3 Å². The third kappa shape index (κ3) is 6.05. The van der Waals surface area contributed by atoms with Crippen molar-refractivity contribution in [3.05, 3.63) is 83.6 Å². The number of para-hydroxylation sites is 2. The summed E-state index contributed by atoms with van der Waals surface area (Å²) >= 11 is 0. The highest BCUT2D eigenvalue weighted by Gasteiger charge is 2.44. The summed E-state index contributed by atoms with van der Waals surface area (Å²) in [4.78, 5) is 43.0. The molecule has 2 aromatic rings. The molecule has 228 valence electrons. The molecule has 0 spiro atoms. The second-order valence-electron chi connectivity index (χ2n) is 12.3. The molecule has 0 radical (unpaired) electrons. The number of hydrogen-bond donors (Lipinski definition) is 0. The van der Waals surface area contributed by atoms with Gasteiger partial charge >= 0.3 is 5.97 Å². The van der Waals surface area contributed by atoms with Gasteiger partial charge in [-0.3, -0.25) is 9.59 Å². The van der Waals surface area contributed by atoms with Crippen LogP contribution in [0.4, 0.5) is 11.4 Å². The Morgan fingerprint density at radius 1 is 0.907 bits per heavy atom. The Kier molecular flexibility index (Phi) is 9.65. The molecule has 0 atom stereocenters. The third-order valence-electron chi connectivity index (χ3n) is 8.88. The van der Waals surface area contributed by atoms with E-state index in [4.69, 9.17) is 4.84 Å². The summed E-state index contributed by atoms with van der Waals surface area (Å²) in [6.07, 6.45) is 9.48. The summed E-state index contributed by atoms with van der Waals surface area (Å²) < 4.78 is 2.41. The topological polar surface area (TPSA) is 69.9 Å². The zero-order chi connectivity index (χ0) is 30.1. The van der Waals surface area contributed by atoms with Crippen LogP contribution in [-0.4, -0.2) is 46.2 Å². The van der Waals surface area contributed by atoms with Crippen LogP contribution in [0.25, 0.3) is 0 Å². The third-order valence-corrected chi connectivity index (χ3v) is 8.88. The highest BCUT2D eigenvalue weighted by molar-refractivity contribution is 6.03. The molecule has 3 aliphatic heterocycles. The van der Waals surface area contributed by atoms with Gasteiger partial charge in [-0.15, -0.1) is 5.06 Å². The van der Waals surface area contributed by atoms with Crippen LogP contribution in [0, 0.1) is 0 Å². The lowest BCUT2D eigenvalue weighted by Crippen LogP contribution is -3.00. The van der Waals surface area contributed by atoms with E-state index in [0.29, 0.717) is 11.5 Å². The van der Waals surface area contributed by atoms with E-state index in [1.807, 2.05) is 0 Å². The number of nitrogens with zero attached hydrogens (tertiary/aromatic N) is 3. The van der Waals surface area contributed by atoms with E-state index in [1.165, 1.54) is 33.9 Å². The first-order chi connectivity index (χ1) is 20.1. The van der Waals surface area contributed by atoms with Crippen molar-refractivity contribution in [1.82, 2.24) is 5.06 Å². The number of hydroxylamine groups is 2. The van der Waals surface area contributed by atoms with E-state index in [2.05, 4.69) is 111 Å². The maximum Gasteiger partial charge on any atom is 0.333 e. The van der Waals surface area contributed by atoms with Crippen molar-refractivity contribution in [2.45, 2.75) is 84.0 Å². The van der Waals surface area contributed by atoms with Crippen molar-refractivity contribution in [2.75, 3.05) is 18.0 Å². The maximum absolute atomic E-state index is 12.2. The number of carbonyl (C=O) groups excluding carboxylic acids is 3. The molecule has 1 saturated heterocycles. The summed E-state index contributed by atoms with van der Waals surface area (Å²) in [5.41, 5.74) is 7.50. The summed E-state index contributed by atoms with van der Waals surface area (Å²) in [7, 11) is 0. The Bertz CT molecular complexity index is 1490. The fraction of sp³-hybridized carbons (Fsp3) is 0.429. The zero-order valence-corrected chi connectivity index (χ0v) is 26.6. The molecule has 0 aliphatic carbocycles. The number of allylic oxidation sites excluding steroid dienone is 4. The van der Waals surface area contributed by atoms with Gasteiger partial charge in [0.1, 0.15) is 6.54 Å². The molecule has 3 aliphatic rings. The van der Waals surface area contributed by atoms with Gasteiger partial charge in [0, 0.05) is 66.7 Å². The van der Waals surface area contributed by atoms with Crippen LogP contribution in [0.15, 0.2) is 72.5 Å². The molecular weight excluding hydrogens is 562 g/mol. The van der Waals surface area contributed by atoms with Crippen molar-refractivity contribution in [2.24, 2.45) is 0 Å². The van der Waals surface area contributed by atoms with Crippen molar-refractivity contribution < 1.29 is 36.2 Å². The quantitative estimate of drug-likeness (QED) is 0.236. The van der Waals surface area contributed by atoms with Crippen molar-refractivity contribution >= 4 is 34.9 Å². The average molecular weight is 604 g/mol. The lowest BCUT2D eigenvalue weighted by Gasteiger charge is -2.25. The average Bonchev–Trinajstić information content (AvgIpc) is 3.48. The van der Waals surface area contributed by atoms with E-state index in [-0.39, 0.29) is 42.5 Å². The second-order valence-corrected chi connectivity index (χ2v) is 12.3. The maximum atomic E-state index is 12.2. The fourth-order valence-corrected chi connectivity index (χ4v) is 6.62. The van der Waals surface area contributed by atoms with Crippen molar-refractivity contribution in [3.8, 4) is 0 Å². The van der Waals surface area contributed by atoms with Crippen LogP contribution in [-0.2, 0) is 30.1 Å². The monoisotopic (exact) mass is 603 g/mol. The minimum atomic E-state index is -0.535. The molecule has 2 amide bonds. The molecule has 0 unspecified atom stereocenters. The number of likely N-dealkylation sites (N-methyl/N-ethyl adjacent to an activating group) is 1. The van der Waals surface area contributed by atoms with Gasteiger partial charge < -0.3 is 22.1 Å². The molecule has 0 aromatic heterocycles. The van der Waals surface area contributed by atoms with Crippen LogP contribution < -0.4 is 17.3 Å². The van der Waals surface area contributed by atoms with Crippen LogP contribution >= 0.6 is 0 Å². The summed E-state index contributed by atoms with van der Waals surface area (Å²) in [6, 6.07) is 17.3. The molecule has 2 aromatic carbocycles. The first kappa shape index (κ1) is 32.2. The summed E-state index contributed by atoms with van der Waals surface area (Å²) in [5.74, 6) is -1.43. The number of amides is 2. The van der Waals surface area contributed by atoms with Crippen molar-refractivity contribution in [1.29, 1.82) is 0 Å². The first-order valence-corrected chi connectivity index (χ1v) is 15.1. The smallest absolute Gasteiger partial charge is 0.333 e. The van der Waals surface area contributed by atoms with E-state index >= 15 is 0 Å². The van der Waals surface area contributed by atoms with Gasteiger partial charge in [0.15, 0.2) is 5.71 Å². The van der Waals surface area contributed by atoms with E-state index in [1.54, 1.807) is 0 Å². The van der Waals surface area contributed by atoms with Crippen LogP contribution in [0.5, 0.6) is 0 Å². The Balaban J connectivity index is 0.00000423. The number of benzene rings is 2. The number of carbonyl (C=O) groups is 3. The number of imide groups is 1. The lowest BCUT2D eigenvalue weighted by molar-refractivity contribution is -0.438. The largest absolute Gasteiger partial charge is 1.00 e. The molecule has 0 bridgehead atoms. The summed E-state index contributed by atoms with van der Waals surface area (Å²) in [5, 5.41) is 0.625. The Labute approximate surface area is 261 Å². The number of rotatable bonds is 10. The molecule has 3 heterocycles. The molecule has 8 heteroatoms. The molecule has 0 saturated carbocycles. The van der Waals surface area contributed by atoms with E-state index in [9.17, 15) is 14.4 Å². The Morgan fingerprint density at radius 3 is 2.26 bits per heavy atom. The Hall–Kier alpha value is -3.71. The predicted octanol–water partition coefficient (Wildman–Crippen LogP) is 3.49. The normalized spacial score (nSPS) is 19.3. The van der Waals surface area contributed by atoms with E-state index in [0.717, 1.165) is 25.9 Å². The lowest BCUT2D eigenvalue weighted by atomic mass is 9.81. The highest BCUT2D eigenvalue weighted by Crippen LogP contribution is 2.47. The highest BCUT2D eigenvalue weighted by atomic mass is 35.5. The SMILES string of the molecule is CCN1/C(=C/C=C/C2=[N+](CCCCCC(=O)ON3C(=O)CCC3=O)c3ccccc3C2(C)C)C(C)(C)c2ccccc21.[Cl-]. The fourth-order valence-electron chi connectivity index (χ4n) is 6.62. The first-order valence-electron chi connectivity index (χ1n) is 15.1. The molecule has 1 fully saturated rings. The van der Waals surface area contributed by atoms with E-state index < -0.39 is 17.8 Å². The van der Waals surface area contributed by atoms with Crippen LogP contribution in [0.3, 0.4) is 0 Å². The predicted molar refractivity (Wildman–Crippen MR) is 165 cm³/mol. The summed E-state index contributed by atoms with van der Waals surface area (Å²) in [6.45, 7) is 13.1. The standard InChI is InChI=1S/C35H42N3O4.ClH/c1-6-36-27-17-11-9-15-25(27)34(2,3)29(36)19-14-20-30-35(4,5)26-16-10-12-18-28(26)37(30)24-13-7-8-21-33(41)42-38-31(39)22-23-32(38)40;/h9-12,14-20H,6-8,13,21-24H2,1-5H3;1H/q+1;/p-1. The van der Waals surface area contributed by atoms with Crippen LogP contribution in [0.2, 0.25) is 0 Å². The minimum Gasteiger partial charge on any atom is -1.00 e. The molecule has 5 rings (SSSR count). The van der Waals surface area contributed by atoms with Gasteiger partial charge in [-0.1, -0.05) is 56.3 Å². The van der Waals surface area contributed by atoms with Gasteiger partial charge in [-0.2, -0.15) is 4.58 Å². The number of hydrogen-bond acceptors (Lipinski definition) is 5. The molecular formula is C35H42ClN3O4. The van der Waals surface area contributed by atoms with Gasteiger partial charge in [-0.05, 0) is 51.3 Å². The molecule has 43 heavy (non-hydrogen) atoms. The van der Waals surface area contributed by atoms with Crippen molar-refractivity contribution in [3.63, 3.8) is 0 Å². The number of fused-ring (bicyclic) bond motifs is 2. The van der Waals surface area contributed by atoms with Gasteiger partial charge in [-0.25, -0.2) is 4.79 Å². The zero-order valence-electron chi connectivity index (χ0n) is 25.9. The molecule has 0 N–H and O–H groups in total. The van der Waals surface area contributed by atoms with Gasteiger partial charge in [0.25, 0.3) is 11.8 Å². The number of anilines is 1. The van der Waals surface area contributed by atoms with Gasteiger partial charge in [0.2, 0.25) is 5.69 Å². The Morgan fingerprint density at radius 2 is 1.56 bits per heavy atom. The van der Waals surface area contributed by atoms with Gasteiger partial charge in [0.05, 0.1) is 5.41 Å². The minimum absolute atomic E-state index is 0. The number of halogens is 1.